The number of thioether (sulfide) groups is 1. The van der Waals surface area contributed by atoms with E-state index in [1.807, 2.05) is 17.7 Å². The van der Waals surface area contributed by atoms with Crippen LogP contribution in [0.15, 0.2) is 23.4 Å². The molecule has 0 aliphatic rings. The molecule has 0 unspecified atom stereocenters. The molecule has 7 heteroatoms. The highest BCUT2D eigenvalue weighted by Gasteiger charge is 2.08. The quantitative estimate of drug-likeness (QED) is 0.629. The Hall–Kier alpha value is -1.11. The minimum absolute atomic E-state index is 0.765. The first-order valence-corrected chi connectivity index (χ1v) is 7.91. The molecule has 0 fully saturated rings. The van der Waals surface area contributed by atoms with E-state index in [1.54, 1.807) is 11.8 Å². The maximum Gasteiger partial charge on any atom is 0.209 e. The van der Waals surface area contributed by atoms with Gasteiger partial charge in [-0.1, -0.05) is 42.4 Å². The van der Waals surface area contributed by atoms with Gasteiger partial charge in [-0.05, 0) is 41.1 Å². The summed E-state index contributed by atoms with van der Waals surface area (Å²) in [5, 5.41) is 16.7. The van der Waals surface area contributed by atoms with Crippen LogP contribution in [0.5, 0.6) is 0 Å². The summed E-state index contributed by atoms with van der Waals surface area (Å²) in [7, 11) is 0. The topological polar surface area (TPSA) is 55.6 Å². The van der Waals surface area contributed by atoms with Gasteiger partial charge in [-0.15, -0.1) is 5.10 Å². The van der Waals surface area contributed by atoms with Crippen molar-refractivity contribution >= 4 is 23.4 Å². The maximum atomic E-state index is 6.23. The van der Waals surface area contributed by atoms with Crippen LogP contribution in [0.1, 0.15) is 18.1 Å². The van der Waals surface area contributed by atoms with Gasteiger partial charge in [-0.2, -0.15) is 0 Å². The summed E-state index contributed by atoms with van der Waals surface area (Å²) in [5.41, 5.74) is 2.27. The molecular weight excluding hydrogens is 294 g/mol. The number of nitrogens with one attached hydrogen (secondary N) is 1. The Labute approximate surface area is 128 Å². The van der Waals surface area contributed by atoms with E-state index >= 15 is 0 Å². The molecule has 20 heavy (non-hydrogen) atoms. The first kappa shape index (κ1) is 15.3. The molecule has 2 rings (SSSR count). The zero-order chi connectivity index (χ0) is 14.4. The van der Waals surface area contributed by atoms with E-state index in [2.05, 4.69) is 39.9 Å². The molecule has 5 nitrogen and oxygen atoms in total. The second kappa shape index (κ2) is 7.61. The summed E-state index contributed by atoms with van der Waals surface area (Å²) in [5.74, 6) is 0.765. The molecule has 1 aromatic heterocycles. The Kier molecular flexibility index (Phi) is 5.82. The van der Waals surface area contributed by atoms with Gasteiger partial charge in [0.2, 0.25) is 5.16 Å². The molecule has 0 amide bonds. The molecular formula is C13H18ClN5S. The van der Waals surface area contributed by atoms with Crippen molar-refractivity contribution in [2.45, 2.75) is 31.3 Å². The normalized spacial score (nSPS) is 10.9. The average Bonchev–Trinajstić information content (AvgIpc) is 2.86. The van der Waals surface area contributed by atoms with Crippen molar-refractivity contribution in [2.75, 3.05) is 13.1 Å². The minimum atomic E-state index is 0.765. The highest BCUT2D eigenvalue weighted by Crippen LogP contribution is 2.25. The van der Waals surface area contributed by atoms with Crippen molar-refractivity contribution in [1.82, 2.24) is 25.5 Å². The number of hydrogen-bond acceptors (Lipinski definition) is 5. The summed E-state index contributed by atoms with van der Waals surface area (Å²) in [4.78, 5) is 0. The van der Waals surface area contributed by atoms with Gasteiger partial charge in [-0.3, -0.25) is 0 Å². The third-order valence-electron chi connectivity index (χ3n) is 2.81. The smallest absolute Gasteiger partial charge is 0.209 e. The van der Waals surface area contributed by atoms with Crippen LogP contribution < -0.4 is 5.32 Å². The minimum Gasteiger partial charge on any atom is -0.315 e. The maximum absolute atomic E-state index is 6.23. The van der Waals surface area contributed by atoms with Gasteiger partial charge >= 0.3 is 0 Å². The summed E-state index contributed by atoms with van der Waals surface area (Å²) in [6, 6.07) is 6.10. The lowest BCUT2D eigenvalue weighted by molar-refractivity contribution is 0.517. The summed E-state index contributed by atoms with van der Waals surface area (Å²) < 4.78 is 1.81. The molecule has 0 radical (unpaired) electrons. The van der Waals surface area contributed by atoms with Gasteiger partial charge in [0.05, 0.1) is 6.54 Å². The van der Waals surface area contributed by atoms with E-state index in [0.29, 0.717) is 0 Å². The van der Waals surface area contributed by atoms with Crippen molar-refractivity contribution in [3.05, 3.63) is 34.3 Å². The molecule has 1 N–H and O–H groups in total. The third-order valence-corrected chi connectivity index (χ3v) is 4.17. The molecule has 1 aromatic carbocycles. The number of rotatable bonds is 7. The molecule has 0 spiro atoms. The number of nitrogens with zero attached hydrogens (tertiary/aromatic N) is 4. The van der Waals surface area contributed by atoms with Crippen LogP contribution in [0.3, 0.4) is 0 Å². The Balaban J connectivity index is 1.95. The van der Waals surface area contributed by atoms with Gasteiger partial charge in [0.15, 0.2) is 0 Å². The van der Waals surface area contributed by atoms with Crippen LogP contribution in [-0.2, 0) is 12.3 Å². The fraction of sp³-hybridized carbons (Fsp3) is 0.462. The molecule has 108 valence electrons. The number of aryl methyl sites for hydroxylation is 1. The summed E-state index contributed by atoms with van der Waals surface area (Å²) >= 11 is 7.83. The first-order chi connectivity index (χ1) is 9.70. The fourth-order valence-electron chi connectivity index (χ4n) is 1.71. The molecule has 1 heterocycles. The number of tetrazole rings is 1. The lowest BCUT2D eigenvalue weighted by Crippen LogP contribution is -2.20. The molecule has 0 aliphatic carbocycles. The Morgan fingerprint density at radius 2 is 2.25 bits per heavy atom. The predicted molar refractivity (Wildman–Crippen MR) is 82.1 cm³/mol. The summed E-state index contributed by atoms with van der Waals surface area (Å²) in [6.07, 6.45) is 0. The number of aromatic nitrogens is 4. The SMILES string of the molecule is CCNCCn1nnnc1SCc1ccc(C)cc1Cl. The first-order valence-electron chi connectivity index (χ1n) is 6.55. The molecule has 0 saturated carbocycles. The molecule has 0 atom stereocenters. The van der Waals surface area contributed by atoms with Gasteiger partial charge in [0.1, 0.15) is 0 Å². The molecule has 0 bridgehead atoms. The number of benzene rings is 1. The second-order valence-electron chi connectivity index (χ2n) is 4.42. The third kappa shape index (κ3) is 4.19. The van der Waals surface area contributed by atoms with Crippen LogP contribution in [-0.4, -0.2) is 33.3 Å². The molecule has 0 saturated heterocycles. The van der Waals surface area contributed by atoms with Crippen molar-refractivity contribution < 1.29 is 0 Å². The van der Waals surface area contributed by atoms with Gasteiger partial charge in [0, 0.05) is 17.3 Å². The largest absolute Gasteiger partial charge is 0.315 e. The molecule has 0 aliphatic heterocycles. The standard InChI is InChI=1S/C13H18ClN5S/c1-3-15-6-7-19-13(16-17-18-19)20-9-11-5-4-10(2)8-12(11)14/h4-5,8,15H,3,6-7,9H2,1-2H3. The van der Waals surface area contributed by atoms with Crippen LogP contribution in [0.2, 0.25) is 5.02 Å². The van der Waals surface area contributed by atoms with Crippen LogP contribution in [0.4, 0.5) is 0 Å². The van der Waals surface area contributed by atoms with E-state index in [-0.39, 0.29) is 0 Å². The van der Waals surface area contributed by atoms with E-state index in [1.165, 1.54) is 5.56 Å². The van der Waals surface area contributed by atoms with Crippen molar-refractivity contribution in [3.63, 3.8) is 0 Å². The van der Waals surface area contributed by atoms with Crippen LogP contribution >= 0.6 is 23.4 Å². The van der Waals surface area contributed by atoms with Gasteiger partial charge in [-0.25, -0.2) is 4.68 Å². The average molecular weight is 312 g/mol. The van der Waals surface area contributed by atoms with Crippen LogP contribution in [0, 0.1) is 6.92 Å². The fourth-order valence-corrected chi connectivity index (χ4v) is 3.00. The number of likely N-dealkylation sites (N-methyl/N-ethyl adjacent to an activating group) is 1. The Morgan fingerprint density at radius 3 is 3.00 bits per heavy atom. The van der Waals surface area contributed by atoms with Crippen molar-refractivity contribution in [3.8, 4) is 0 Å². The summed E-state index contributed by atoms with van der Waals surface area (Å²) in [6.45, 7) is 6.69. The lowest BCUT2D eigenvalue weighted by Gasteiger charge is -2.06. The van der Waals surface area contributed by atoms with E-state index < -0.39 is 0 Å². The zero-order valence-electron chi connectivity index (χ0n) is 11.6. The monoisotopic (exact) mass is 311 g/mol. The van der Waals surface area contributed by atoms with E-state index in [4.69, 9.17) is 11.6 Å². The van der Waals surface area contributed by atoms with Crippen molar-refractivity contribution in [1.29, 1.82) is 0 Å². The highest BCUT2D eigenvalue weighted by molar-refractivity contribution is 7.98. The highest BCUT2D eigenvalue weighted by atomic mass is 35.5. The van der Waals surface area contributed by atoms with Crippen LogP contribution in [0.25, 0.3) is 0 Å². The Morgan fingerprint density at radius 1 is 1.40 bits per heavy atom. The zero-order valence-corrected chi connectivity index (χ0v) is 13.2. The van der Waals surface area contributed by atoms with E-state index in [0.717, 1.165) is 41.1 Å². The lowest BCUT2D eigenvalue weighted by atomic mass is 10.2. The van der Waals surface area contributed by atoms with E-state index in [9.17, 15) is 0 Å². The molecule has 2 aromatic rings. The van der Waals surface area contributed by atoms with Gasteiger partial charge < -0.3 is 5.32 Å². The van der Waals surface area contributed by atoms with Gasteiger partial charge in [0.25, 0.3) is 0 Å². The number of hydrogen-bond donors (Lipinski definition) is 1. The predicted octanol–water partition coefficient (Wildman–Crippen LogP) is 2.54. The second-order valence-corrected chi connectivity index (χ2v) is 5.77. The van der Waals surface area contributed by atoms with Crippen molar-refractivity contribution in [2.24, 2.45) is 0 Å². The number of halogens is 1. The Bertz CT molecular complexity index is 557.